The number of benzene rings is 1. The molecule has 1 aliphatic heterocycles. The lowest BCUT2D eigenvalue weighted by Crippen LogP contribution is -2.39. The Balaban J connectivity index is 2.12. The van der Waals surface area contributed by atoms with Crippen LogP contribution >= 0.6 is 11.6 Å². The van der Waals surface area contributed by atoms with E-state index in [-0.39, 0.29) is 0 Å². The lowest BCUT2D eigenvalue weighted by molar-refractivity contribution is 0.0140. The second-order valence-corrected chi connectivity index (χ2v) is 4.94. The summed E-state index contributed by atoms with van der Waals surface area (Å²) in [6.07, 6.45) is 2.40. The summed E-state index contributed by atoms with van der Waals surface area (Å²) in [5.41, 5.74) is 1.37. The molecule has 0 aliphatic carbocycles. The minimum atomic E-state index is 0.515. The number of ether oxygens (including phenoxy) is 1. The molecule has 1 aromatic rings. The van der Waals surface area contributed by atoms with Crippen LogP contribution in [0.4, 0.5) is 0 Å². The van der Waals surface area contributed by atoms with Gasteiger partial charge in [0.15, 0.2) is 0 Å². The van der Waals surface area contributed by atoms with Crippen molar-refractivity contribution in [2.24, 2.45) is 0 Å². The lowest BCUT2D eigenvalue weighted by Gasteiger charge is -2.34. The number of rotatable bonds is 4. The first kappa shape index (κ1) is 12.9. The van der Waals surface area contributed by atoms with Gasteiger partial charge in [-0.05, 0) is 24.1 Å². The van der Waals surface area contributed by atoms with E-state index < -0.39 is 0 Å². The van der Waals surface area contributed by atoms with E-state index in [9.17, 15) is 0 Å². The molecule has 0 radical (unpaired) electrons. The van der Waals surface area contributed by atoms with Crippen LogP contribution in [0.25, 0.3) is 0 Å². The van der Waals surface area contributed by atoms with Crippen molar-refractivity contribution < 1.29 is 4.74 Å². The maximum atomic E-state index is 5.95. The van der Waals surface area contributed by atoms with Crippen molar-refractivity contribution in [2.75, 3.05) is 26.3 Å². The molecular weight excluding hydrogens is 234 g/mol. The van der Waals surface area contributed by atoms with Gasteiger partial charge in [0.2, 0.25) is 0 Å². The van der Waals surface area contributed by atoms with Gasteiger partial charge in [-0.2, -0.15) is 0 Å². The lowest BCUT2D eigenvalue weighted by atomic mass is 10.0. The van der Waals surface area contributed by atoms with E-state index in [1.54, 1.807) is 0 Å². The van der Waals surface area contributed by atoms with Gasteiger partial charge in [0.05, 0.1) is 13.2 Å². The molecule has 0 bridgehead atoms. The van der Waals surface area contributed by atoms with Crippen LogP contribution in [0.3, 0.4) is 0 Å². The summed E-state index contributed by atoms with van der Waals surface area (Å²) in [5, 5.41) is 0.811. The molecule has 0 N–H and O–H groups in total. The summed E-state index contributed by atoms with van der Waals surface area (Å²) in [5.74, 6) is 0. The van der Waals surface area contributed by atoms with Gasteiger partial charge in [0.25, 0.3) is 0 Å². The molecule has 1 aromatic carbocycles. The Morgan fingerprint density at radius 2 is 1.88 bits per heavy atom. The molecule has 2 rings (SSSR count). The maximum absolute atomic E-state index is 5.95. The molecule has 1 saturated heterocycles. The highest BCUT2D eigenvalue weighted by Crippen LogP contribution is 2.27. The molecule has 0 amide bonds. The van der Waals surface area contributed by atoms with Gasteiger partial charge in [-0.15, -0.1) is 0 Å². The summed E-state index contributed by atoms with van der Waals surface area (Å²) in [4.78, 5) is 2.52. The molecule has 1 fully saturated rings. The molecule has 1 atom stereocenters. The van der Waals surface area contributed by atoms with Crippen LogP contribution in [0.15, 0.2) is 24.3 Å². The van der Waals surface area contributed by atoms with Crippen LogP contribution in [0, 0.1) is 0 Å². The topological polar surface area (TPSA) is 12.5 Å². The van der Waals surface area contributed by atoms with Crippen molar-refractivity contribution in [3.05, 3.63) is 34.9 Å². The number of hydrogen-bond acceptors (Lipinski definition) is 2. The predicted octanol–water partition coefficient (Wildman–Crippen LogP) is 3.51. The average Bonchev–Trinajstić information content (AvgIpc) is 2.38. The highest BCUT2D eigenvalue weighted by Gasteiger charge is 2.21. The highest BCUT2D eigenvalue weighted by atomic mass is 35.5. The molecule has 0 spiro atoms. The quantitative estimate of drug-likeness (QED) is 0.814. The van der Waals surface area contributed by atoms with E-state index in [0.29, 0.717) is 6.04 Å². The molecule has 0 aromatic heterocycles. The van der Waals surface area contributed by atoms with E-state index in [0.717, 1.165) is 31.3 Å². The molecule has 17 heavy (non-hydrogen) atoms. The number of morpholine rings is 1. The van der Waals surface area contributed by atoms with Crippen molar-refractivity contribution >= 4 is 11.6 Å². The molecule has 3 heteroatoms. The largest absolute Gasteiger partial charge is 0.379 e. The predicted molar refractivity (Wildman–Crippen MR) is 71.5 cm³/mol. The van der Waals surface area contributed by atoms with E-state index >= 15 is 0 Å². The third kappa shape index (κ3) is 3.44. The van der Waals surface area contributed by atoms with E-state index in [4.69, 9.17) is 16.3 Å². The minimum absolute atomic E-state index is 0.515. The molecule has 2 nitrogen and oxygen atoms in total. The first-order valence-corrected chi connectivity index (χ1v) is 6.76. The molecule has 1 heterocycles. The average molecular weight is 254 g/mol. The van der Waals surface area contributed by atoms with Crippen molar-refractivity contribution in [1.82, 2.24) is 4.90 Å². The zero-order chi connectivity index (χ0) is 12.1. The smallest absolute Gasteiger partial charge is 0.0594 e. The minimum Gasteiger partial charge on any atom is -0.379 e. The second-order valence-electron chi connectivity index (χ2n) is 4.50. The van der Waals surface area contributed by atoms with Gasteiger partial charge in [-0.25, -0.2) is 0 Å². The first-order valence-electron chi connectivity index (χ1n) is 6.38. The van der Waals surface area contributed by atoms with Crippen molar-refractivity contribution in [3.8, 4) is 0 Å². The second kappa shape index (κ2) is 6.39. The Kier molecular flexibility index (Phi) is 4.84. The summed E-state index contributed by atoms with van der Waals surface area (Å²) in [6.45, 7) is 6.02. The van der Waals surface area contributed by atoms with Crippen molar-refractivity contribution in [1.29, 1.82) is 0 Å². The zero-order valence-electron chi connectivity index (χ0n) is 10.4. The molecule has 1 unspecified atom stereocenters. The van der Waals surface area contributed by atoms with Gasteiger partial charge in [-0.1, -0.05) is 37.1 Å². The van der Waals surface area contributed by atoms with Gasteiger partial charge in [0, 0.05) is 24.2 Å². The highest BCUT2D eigenvalue weighted by molar-refractivity contribution is 6.30. The Labute approximate surface area is 109 Å². The van der Waals surface area contributed by atoms with Gasteiger partial charge in [-0.3, -0.25) is 4.90 Å². The van der Waals surface area contributed by atoms with Crippen LogP contribution in [0.2, 0.25) is 5.02 Å². The van der Waals surface area contributed by atoms with Gasteiger partial charge >= 0.3 is 0 Å². The Morgan fingerprint density at radius 1 is 1.24 bits per heavy atom. The normalized spacial score (nSPS) is 19.2. The van der Waals surface area contributed by atoms with E-state index in [1.165, 1.54) is 18.4 Å². The first-order chi connectivity index (χ1) is 8.31. The van der Waals surface area contributed by atoms with Crippen LogP contribution < -0.4 is 0 Å². The SMILES string of the molecule is CCCC(c1ccc(Cl)cc1)N1CCOCC1. The van der Waals surface area contributed by atoms with Crippen LogP contribution in [0.1, 0.15) is 31.4 Å². The Bertz CT molecular complexity index is 333. The molecular formula is C14H20ClNO. The van der Waals surface area contributed by atoms with Crippen molar-refractivity contribution in [2.45, 2.75) is 25.8 Å². The van der Waals surface area contributed by atoms with Crippen LogP contribution in [-0.4, -0.2) is 31.2 Å². The molecule has 1 aliphatic rings. The number of nitrogens with zero attached hydrogens (tertiary/aromatic N) is 1. The summed E-state index contributed by atoms with van der Waals surface area (Å²) in [7, 11) is 0. The standard InChI is InChI=1S/C14H20ClNO/c1-2-3-14(16-8-10-17-11-9-16)12-4-6-13(15)7-5-12/h4-7,14H,2-3,8-11H2,1H3. The summed E-state index contributed by atoms with van der Waals surface area (Å²) >= 11 is 5.95. The van der Waals surface area contributed by atoms with Gasteiger partial charge < -0.3 is 4.74 Å². The Morgan fingerprint density at radius 3 is 2.47 bits per heavy atom. The number of hydrogen-bond donors (Lipinski definition) is 0. The third-order valence-corrected chi connectivity index (χ3v) is 3.56. The summed E-state index contributed by atoms with van der Waals surface area (Å²) in [6, 6.07) is 8.79. The fourth-order valence-corrected chi connectivity index (χ4v) is 2.53. The summed E-state index contributed by atoms with van der Waals surface area (Å²) < 4.78 is 5.42. The van der Waals surface area contributed by atoms with E-state index in [2.05, 4.69) is 24.0 Å². The van der Waals surface area contributed by atoms with Crippen molar-refractivity contribution in [3.63, 3.8) is 0 Å². The number of halogens is 1. The third-order valence-electron chi connectivity index (χ3n) is 3.30. The Hall–Kier alpha value is -0.570. The van der Waals surface area contributed by atoms with E-state index in [1.807, 2.05) is 12.1 Å². The van der Waals surface area contributed by atoms with Crippen LogP contribution in [0.5, 0.6) is 0 Å². The zero-order valence-corrected chi connectivity index (χ0v) is 11.1. The monoisotopic (exact) mass is 253 g/mol. The molecule has 94 valence electrons. The van der Waals surface area contributed by atoms with Crippen LogP contribution in [-0.2, 0) is 4.74 Å². The fourth-order valence-electron chi connectivity index (χ4n) is 2.41. The fraction of sp³-hybridized carbons (Fsp3) is 0.571. The maximum Gasteiger partial charge on any atom is 0.0594 e. The molecule has 0 saturated carbocycles. The van der Waals surface area contributed by atoms with Gasteiger partial charge in [0.1, 0.15) is 0 Å².